The van der Waals surface area contributed by atoms with E-state index in [2.05, 4.69) is 21.2 Å². The van der Waals surface area contributed by atoms with Gasteiger partial charge in [-0.2, -0.15) is 0 Å². The Balaban J connectivity index is 2.00. The zero-order valence-electron chi connectivity index (χ0n) is 18.7. The maximum absolute atomic E-state index is 13.5. The molecule has 0 radical (unpaired) electrons. The Bertz CT molecular complexity index is 1270. The zero-order valence-corrected chi connectivity index (χ0v) is 21.1. The first-order valence-corrected chi connectivity index (χ1v) is 13.0. The molecule has 0 aliphatic rings. The number of hydrogen-bond acceptors (Lipinski definition) is 4. The van der Waals surface area contributed by atoms with Gasteiger partial charge in [0.2, 0.25) is 21.8 Å². The highest BCUT2D eigenvalue weighted by atomic mass is 79.9. The molecule has 3 aromatic carbocycles. The predicted molar refractivity (Wildman–Crippen MR) is 134 cm³/mol. The van der Waals surface area contributed by atoms with Crippen molar-refractivity contribution in [3.8, 4) is 0 Å². The van der Waals surface area contributed by atoms with E-state index < -0.39 is 28.5 Å². The second-order valence-electron chi connectivity index (χ2n) is 7.71. The molecule has 0 aliphatic carbocycles. The molecule has 0 unspecified atom stereocenters. The van der Waals surface area contributed by atoms with Gasteiger partial charge < -0.3 is 10.2 Å². The van der Waals surface area contributed by atoms with Crippen LogP contribution < -0.4 is 9.62 Å². The van der Waals surface area contributed by atoms with E-state index >= 15 is 0 Å². The maximum atomic E-state index is 13.5. The summed E-state index contributed by atoms with van der Waals surface area (Å²) in [5.74, 6) is -0.821. The Morgan fingerprint density at radius 2 is 1.70 bits per heavy atom. The summed E-state index contributed by atoms with van der Waals surface area (Å²) < 4.78 is 27.5. The second kappa shape index (κ2) is 10.4. The van der Waals surface area contributed by atoms with Crippen molar-refractivity contribution in [3.63, 3.8) is 0 Å². The van der Waals surface area contributed by atoms with Gasteiger partial charge in [0.25, 0.3) is 0 Å². The van der Waals surface area contributed by atoms with E-state index in [4.69, 9.17) is 0 Å². The number of rotatable bonds is 8. The van der Waals surface area contributed by atoms with Crippen molar-refractivity contribution in [2.45, 2.75) is 19.5 Å². The minimum Gasteiger partial charge on any atom is -0.357 e. The molecule has 0 saturated heterocycles. The molecule has 0 heterocycles. The Morgan fingerprint density at radius 3 is 2.36 bits per heavy atom. The summed E-state index contributed by atoms with van der Waals surface area (Å²) in [7, 11) is -2.29. The van der Waals surface area contributed by atoms with Crippen LogP contribution >= 0.6 is 15.9 Å². The Hall–Kier alpha value is -2.91. The molecule has 0 fully saturated rings. The third-order valence-corrected chi connectivity index (χ3v) is 6.99. The third-order valence-electron chi connectivity index (χ3n) is 5.37. The number of carbonyl (C=O) groups excluding carboxylic acids is 2. The van der Waals surface area contributed by atoms with Gasteiger partial charge in [-0.15, -0.1) is 0 Å². The van der Waals surface area contributed by atoms with Crippen LogP contribution in [0.1, 0.15) is 12.5 Å². The molecule has 7 nitrogen and oxygen atoms in total. The molecule has 0 saturated carbocycles. The number of sulfonamides is 1. The molecule has 0 bridgehead atoms. The summed E-state index contributed by atoms with van der Waals surface area (Å²) >= 11 is 3.42. The van der Waals surface area contributed by atoms with Crippen LogP contribution in [-0.2, 0) is 26.2 Å². The van der Waals surface area contributed by atoms with Crippen molar-refractivity contribution in [1.29, 1.82) is 0 Å². The summed E-state index contributed by atoms with van der Waals surface area (Å²) in [6.45, 7) is 1.35. The fourth-order valence-corrected chi connectivity index (χ4v) is 4.95. The minimum absolute atomic E-state index is 0.153. The number of anilines is 1. The van der Waals surface area contributed by atoms with Gasteiger partial charge in [-0.25, -0.2) is 8.42 Å². The molecular formula is C24H26BrN3O4S. The van der Waals surface area contributed by atoms with Gasteiger partial charge in [0.15, 0.2) is 0 Å². The van der Waals surface area contributed by atoms with E-state index in [1.54, 1.807) is 19.1 Å². The lowest BCUT2D eigenvalue weighted by Crippen LogP contribution is -2.50. The zero-order chi connectivity index (χ0) is 24.2. The topological polar surface area (TPSA) is 86.8 Å². The van der Waals surface area contributed by atoms with Crippen molar-refractivity contribution >= 4 is 54.2 Å². The molecule has 2 amide bonds. The molecule has 0 aliphatic heterocycles. The minimum atomic E-state index is -3.79. The summed E-state index contributed by atoms with van der Waals surface area (Å²) in [6, 6.07) is 19.3. The van der Waals surface area contributed by atoms with Crippen LogP contribution in [0.15, 0.2) is 71.2 Å². The lowest BCUT2D eigenvalue weighted by molar-refractivity contribution is -0.139. The Morgan fingerprint density at radius 1 is 1.03 bits per heavy atom. The molecular weight excluding hydrogens is 506 g/mol. The van der Waals surface area contributed by atoms with Crippen molar-refractivity contribution in [2.24, 2.45) is 0 Å². The average molecular weight is 532 g/mol. The van der Waals surface area contributed by atoms with Crippen molar-refractivity contribution in [2.75, 3.05) is 24.2 Å². The standard InChI is InChI=1S/C24H26BrN3O4S/c1-17(24(30)26-2)27(15-18-8-6-11-20(25)14-18)23(29)16-28(33(3,31)32)22-13-7-10-19-9-4-5-12-21(19)22/h4-14,17H,15-16H2,1-3H3,(H,26,30)/t17-/m1/s1. The number of likely N-dealkylation sites (N-methyl/N-ethyl adjacent to an activating group) is 1. The van der Waals surface area contributed by atoms with Gasteiger partial charge in [-0.3, -0.25) is 13.9 Å². The van der Waals surface area contributed by atoms with Crippen molar-refractivity contribution < 1.29 is 18.0 Å². The normalized spacial score (nSPS) is 12.2. The van der Waals surface area contributed by atoms with E-state index in [1.807, 2.05) is 54.6 Å². The smallest absolute Gasteiger partial charge is 0.244 e. The molecule has 1 N–H and O–H groups in total. The SMILES string of the molecule is CNC(=O)[C@@H](C)N(Cc1cccc(Br)c1)C(=O)CN(c1cccc2ccccc12)S(C)(=O)=O. The first kappa shape index (κ1) is 24.7. The van der Waals surface area contributed by atoms with Gasteiger partial charge in [0, 0.05) is 23.5 Å². The Kier molecular flexibility index (Phi) is 7.76. The largest absolute Gasteiger partial charge is 0.357 e. The third kappa shape index (κ3) is 5.91. The van der Waals surface area contributed by atoms with Crippen LogP contribution in [0.3, 0.4) is 0 Å². The number of halogens is 1. The van der Waals surface area contributed by atoms with Gasteiger partial charge in [-0.05, 0) is 36.1 Å². The number of fused-ring (bicyclic) bond motifs is 1. The number of nitrogens with one attached hydrogen (secondary N) is 1. The van der Waals surface area contributed by atoms with E-state index in [9.17, 15) is 18.0 Å². The highest BCUT2D eigenvalue weighted by molar-refractivity contribution is 9.10. The van der Waals surface area contributed by atoms with E-state index in [-0.39, 0.29) is 12.5 Å². The number of amides is 2. The number of benzene rings is 3. The highest BCUT2D eigenvalue weighted by Crippen LogP contribution is 2.28. The van der Waals surface area contributed by atoms with Crippen LogP contribution in [-0.4, -0.2) is 51.0 Å². The van der Waals surface area contributed by atoms with Gasteiger partial charge in [0.05, 0.1) is 11.9 Å². The van der Waals surface area contributed by atoms with Crippen LogP contribution in [0.4, 0.5) is 5.69 Å². The van der Waals surface area contributed by atoms with Gasteiger partial charge in [0.1, 0.15) is 12.6 Å². The molecule has 0 spiro atoms. The summed E-state index contributed by atoms with van der Waals surface area (Å²) in [5.41, 5.74) is 1.23. The first-order chi connectivity index (χ1) is 15.6. The van der Waals surface area contributed by atoms with E-state index in [0.29, 0.717) is 5.69 Å². The molecule has 0 aromatic heterocycles. The number of carbonyl (C=O) groups is 2. The molecule has 174 valence electrons. The number of nitrogens with zero attached hydrogens (tertiary/aromatic N) is 2. The Labute approximate surface area is 202 Å². The van der Waals surface area contributed by atoms with Crippen molar-refractivity contribution in [1.82, 2.24) is 10.2 Å². The summed E-state index contributed by atoms with van der Waals surface area (Å²) in [4.78, 5) is 27.3. The monoisotopic (exact) mass is 531 g/mol. The average Bonchev–Trinajstić information content (AvgIpc) is 2.79. The molecule has 3 aromatic rings. The predicted octanol–water partition coefficient (Wildman–Crippen LogP) is 3.53. The molecule has 9 heteroatoms. The van der Waals surface area contributed by atoms with Gasteiger partial charge >= 0.3 is 0 Å². The quantitative estimate of drug-likeness (QED) is 0.481. The van der Waals surface area contributed by atoms with Crippen molar-refractivity contribution in [3.05, 3.63) is 76.8 Å². The summed E-state index contributed by atoms with van der Waals surface area (Å²) in [6.07, 6.45) is 1.07. The van der Waals surface area contributed by atoms with Crippen LogP contribution in [0.5, 0.6) is 0 Å². The molecule has 33 heavy (non-hydrogen) atoms. The van der Waals surface area contributed by atoms with Gasteiger partial charge in [-0.1, -0.05) is 64.5 Å². The second-order valence-corrected chi connectivity index (χ2v) is 10.5. The fourth-order valence-electron chi connectivity index (χ4n) is 3.64. The van der Waals surface area contributed by atoms with Crippen LogP contribution in [0.2, 0.25) is 0 Å². The highest BCUT2D eigenvalue weighted by Gasteiger charge is 2.30. The fraction of sp³-hybridized carbons (Fsp3) is 0.250. The van der Waals surface area contributed by atoms with Crippen LogP contribution in [0.25, 0.3) is 10.8 Å². The maximum Gasteiger partial charge on any atom is 0.244 e. The van der Waals surface area contributed by atoms with E-state index in [1.165, 1.54) is 11.9 Å². The first-order valence-electron chi connectivity index (χ1n) is 10.3. The lowest BCUT2D eigenvalue weighted by Gasteiger charge is -2.31. The molecule has 1 atom stereocenters. The summed E-state index contributed by atoms with van der Waals surface area (Å²) in [5, 5.41) is 4.14. The molecule has 3 rings (SSSR count). The van der Waals surface area contributed by atoms with Crippen LogP contribution in [0, 0.1) is 0 Å². The van der Waals surface area contributed by atoms with E-state index in [0.717, 1.165) is 31.4 Å². The lowest BCUT2D eigenvalue weighted by atomic mass is 10.1. The number of hydrogen-bond donors (Lipinski definition) is 1.